The first-order chi connectivity index (χ1) is 18.7. The highest BCUT2D eigenvalue weighted by atomic mass is 16.6. The second-order valence-corrected chi connectivity index (χ2v) is 13.1. The van der Waals surface area contributed by atoms with Gasteiger partial charge in [-0.3, -0.25) is 9.78 Å². The predicted molar refractivity (Wildman–Crippen MR) is 162 cm³/mol. The van der Waals surface area contributed by atoms with Gasteiger partial charge in [-0.25, -0.2) is 0 Å². The lowest BCUT2D eigenvalue weighted by Crippen LogP contribution is -2.30. The molecule has 0 unspecified atom stereocenters. The van der Waals surface area contributed by atoms with Crippen LogP contribution in [0, 0.1) is 33.1 Å². The quantitative estimate of drug-likeness (QED) is 0.292. The van der Waals surface area contributed by atoms with E-state index in [1.165, 1.54) is 16.7 Å². The Hall–Kier alpha value is -3.18. The molecule has 4 rings (SSSR count). The summed E-state index contributed by atoms with van der Waals surface area (Å²) in [5.74, 6) is 0.701. The van der Waals surface area contributed by atoms with E-state index >= 15 is 0 Å². The zero-order valence-corrected chi connectivity index (χ0v) is 26.0. The third kappa shape index (κ3) is 6.58. The largest absolute Gasteiger partial charge is 0.493 e. The van der Waals surface area contributed by atoms with E-state index in [1.807, 2.05) is 48.5 Å². The molecule has 0 spiro atoms. The fourth-order valence-corrected chi connectivity index (χ4v) is 5.24. The van der Waals surface area contributed by atoms with Crippen LogP contribution < -0.4 is 4.74 Å². The maximum absolute atomic E-state index is 12.8. The Kier molecular flexibility index (Phi) is 8.46. The van der Waals surface area contributed by atoms with Crippen LogP contribution in [0.4, 0.5) is 0 Å². The van der Waals surface area contributed by atoms with E-state index in [2.05, 4.69) is 57.2 Å². The van der Waals surface area contributed by atoms with Crippen LogP contribution in [0.2, 0.25) is 0 Å². The molecule has 0 amide bonds. The van der Waals surface area contributed by atoms with Crippen molar-refractivity contribution < 1.29 is 19.0 Å². The van der Waals surface area contributed by atoms with Gasteiger partial charge in [0.1, 0.15) is 18.5 Å². The molecule has 0 saturated heterocycles. The van der Waals surface area contributed by atoms with E-state index in [0.717, 1.165) is 64.4 Å². The van der Waals surface area contributed by atoms with Gasteiger partial charge < -0.3 is 14.2 Å². The number of ether oxygens (including phenoxy) is 3. The summed E-state index contributed by atoms with van der Waals surface area (Å²) in [5, 5.41) is 0. The Labute approximate surface area is 240 Å². The molecule has 1 aromatic heterocycles. The van der Waals surface area contributed by atoms with Gasteiger partial charge in [0.2, 0.25) is 0 Å². The minimum absolute atomic E-state index is 0.110. The number of rotatable bonds is 6. The van der Waals surface area contributed by atoms with Crippen LogP contribution in [0.1, 0.15) is 87.6 Å². The number of benzene rings is 2. The van der Waals surface area contributed by atoms with Crippen LogP contribution in [0.15, 0.2) is 36.4 Å². The van der Waals surface area contributed by atoms with Gasteiger partial charge in [-0.1, -0.05) is 18.2 Å². The van der Waals surface area contributed by atoms with E-state index in [1.54, 1.807) is 0 Å². The fraction of sp³-hybridized carbons (Fsp3) is 0.486. The highest BCUT2D eigenvalue weighted by molar-refractivity contribution is 5.81. The molecule has 1 aliphatic rings. The normalized spacial score (nSPS) is 14.3. The van der Waals surface area contributed by atoms with Crippen molar-refractivity contribution in [3.8, 4) is 28.1 Å². The molecule has 2 aromatic carbocycles. The summed E-state index contributed by atoms with van der Waals surface area (Å²) in [5.41, 5.74) is 9.74. The van der Waals surface area contributed by atoms with Gasteiger partial charge in [0.05, 0.1) is 23.3 Å². The molecule has 1 atom stereocenters. The van der Waals surface area contributed by atoms with E-state index < -0.39 is 17.1 Å². The molecule has 0 aliphatic carbocycles. The van der Waals surface area contributed by atoms with Gasteiger partial charge in [0, 0.05) is 16.8 Å². The third-order valence-corrected chi connectivity index (χ3v) is 7.44. The first kappa shape index (κ1) is 29.8. The van der Waals surface area contributed by atoms with Crippen molar-refractivity contribution in [3.05, 3.63) is 69.9 Å². The summed E-state index contributed by atoms with van der Waals surface area (Å²) < 4.78 is 18.4. The van der Waals surface area contributed by atoms with Gasteiger partial charge in [-0.2, -0.15) is 0 Å². The van der Waals surface area contributed by atoms with Crippen LogP contribution in [-0.4, -0.2) is 29.8 Å². The van der Waals surface area contributed by atoms with Crippen molar-refractivity contribution in [3.63, 3.8) is 0 Å². The lowest BCUT2D eigenvalue weighted by Gasteiger charge is -2.32. The third-order valence-electron chi connectivity index (χ3n) is 7.44. The van der Waals surface area contributed by atoms with Gasteiger partial charge in [0.25, 0.3) is 0 Å². The van der Waals surface area contributed by atoms with Crippen LogP contribution >= 0.6 is 0 Å². The number of nitrogens with zero attached hydrogens (tertiary/aromatic N) is 1. The summed E-state index contributed by atoms with van der Waals surface area (Å²) in [4.78, 5) is 18.0. The Bertz CT molecular complexity index is 1410. The topological polar surface area (TPSA) is 57.7 Å². The van der Waals surface area contributed by atoms with E-state index in [-0.39, 0.29) is 12.6 Å². The van der Waals surface area contributed by atoms with Gasteiger partial charge >= 0.3 is 5.97 Å². The first-order valence-electron chi connectivity index (χ1n) is 14.4. The van der Waals surface area contributed by atoms with Crippen LogP contribution in [0.3, 0.4) is 0 Å². The Balaban J connectivity index is 1.95. The standard InChI is InChI=1S/C35H45NO4/c1-21-13-14-27(18-22(21)2)32-23(3)30(26-15-16-28-25(19-26)12-11-17-38-28)31(24(4)36-32)29(40-35(8,9)10)20-39-33(37)34(5,6)7/h13-16,18-19,29H,11-12,17,20H2,1-10H3/t29-/m1/s1. The highest BCUT2D eigenvalue weighted by Gasteiger charge is 2.31. The molecule has 3 aromatic rings. The number of hydrogen-bond donors (Lipinski definition) is 0. The Morgan fingerprint density at radius 2 is 1.65 bits per heavy atom. The number of pyridine rings is 1. The number of fused-ring (bicyclic) bond motifs is 1. The number of hydrogen-bond acceptors (Lipinski definition) is 5. The number of carbonyl (C=O) groups is 1. The molecular formula is C35H45NO4. The van der Waals surface area contributed by atoms with Crippen molar-refractivity contribution in [1.82, 2.24) is 4.98 Å². The van der Waals surface area contributed by atoms with Crippen LogP contribution in [0.25, 0.3) is 22.4 Å². The summed E-state index contributed by atoms with van der Waals surface area (Å²) in [7, 11) is 0. The maximum Gasteiger partial charge on any atom is 0.311 e. The van der Waals surface area contributed by atoms with Gasteiger partial charge in [-0.15, -0.1) is 0 Å². The second kappa shape index (κ2) is 11.4. The Morgan fingerprint density at radius 3 is 2.30 bits per heavy atom. The molecule has 40 heavy (non-hydrogen) atoms. The average Bonchev–Trinajstić information content (AvgIpc) is 2.87. The lowest BCUT2D eigenvalue weighted by atomic mass is 9.87. The summed E-state index contributed by atoms with van der Waals surface area (Å²) in [6, 6.07) is 13.0. The molecular weight excluding hydrogens is 498 g/mol. The summed E-state index contributed by atoms with van der Waals surface area (Å²) in [6.07, 6.45) is 1.49. The molecule has 1 aliphatic heterocycles. The molecule has 0 bridgehead atoms. The lowest BCUT2D eigenvalue weighted by molar-refractivity contribution is -0.162. The summed E-state index contributed by atoms with van der Waals surface area (Å²) >= 11 is 0. The number of esters is 1. The monoisotopic (exact) mass is 543 g/mol. The van der Waals surface area contributed by atoms with E-state index in [0.29, 0.717) is 0 Å². The average molecular weight is 544 g/mol. The molecule has 0 radical (unpaired) electrons. The molecule has 0 N–H and O–H groups in total. The van der Waals surface area contributed by atoms with Crippen molar-refractivity contribution >= 4 is 5.97 Å². The minimum Gasteiger partial charge on any atom is -0.493 e. The van der Waals surface area contributed by atoms with Crippen molar-refractivity contribution in [2.75, 3.05) is 13.2 Å². The smallest absolute Gasteiger partial charge is 0.311 e. The van der Waals surface area contributed by atoms with Crippen molar-refractivity contribution in [1.29, 1.82) is 0 Å². The molecule has 2 heterocycles. The fourth-order valence-electron chi connectivity index (χ4n) is 5.24. The van der Waals surface area contributed by atoms with Crippen LogP contribution in [-0.2, 0) is 20.7 Å². The molecule has 0 fully saturated rings. The van der Waals surface area contributed by atoms with Crippen molar-refractivity contribution in [2.24, 2.45) is 5.41 Å². The number of aryl methyl sites for hydroxylation is 4. The number of carbonyl (C=O) groups excluding carboxylic acids is 1. The zero-order valence-electron chi connectivity index (χ0n) is 26.0. The van der Waals surface area contributed by atoms with Gasteiger partial charge in [0.15, 0.2) is 0 Å². The van der Waals surface area contributed by atoms with E-state index in [4.69, 9.17) is 19.2 Å². The second-order valence-electron chi connectivity index (χ2n) is 13.1. The zero-order chi connectivity index (χ0) is 29.4. The number of aromatic nitrogens is 1. The minimum atomic E-state index is -0.607. The van der Waals surface area contributed by atoms with Crippen LogP contribution in [0.5, 0.6) is 5.75 Å². The van der Waals surface area contributed by atoms with E-state index in [9.17, 15) is 4.79 Å². The highest BCUT2D eigenvalue weighted by Crippen LogP contribution is 2.42. The first-order valence-corrected chi connectivity index (χ1v) is 14.4. The maximum atomic E-state index is 12.8. The molecule has 5 nitrogen and oxygen atoms in total. The Morgan fingerprint density at radius 1 is 0.950 bits per heavy atom. The molecule has 5 heteroatoms. The van der Waals surface area contributed by atoms with Crippen molar-refractivity contribution in [2.45, 2.75) is 93.8 Å². The predicted octanol–water partition coefficient (Wildman–Crippen LogP) is 8.42. The summed E-state index contributed by atoms with van der Waals surface area (Å²) in [6.45, 7) is 21.0. The SMILES string of the molecule is Cc1ccc(-c2nc(C)c([C@@H](COC(=O)C(C)(C)C)OC(C)(C)C)c(-c3ccc4c(c3)CCCO4)c2C)cc1C. The molecule has 0 saturated carbocycles. The van der Waals surface area contributed by atoms with Gasteiger partial charge in [-0.05, 0) is 134 Å². The molecule has 214 valence electrons.